The molecule has 2 nitrogen and oxygen atoms in total. The first kappa shape index (κ1) is 19.9. The number of aliphatic hydroxyl groups is 1. The molecule has 0 heterocycles. The Kier molecular flexibility index (Phi) is 16.9. The van der Waals surface area contributed by atoms with Crippen LogP contribution in [0.3, 0.4) is 0 Å². The molecule has 1 atom stereocenters. The van der Waals surface area contributed by atoms with Crippen LogP contribution in [0.25, 0.3) is 0 Å². The van der Waals surface area contributed by atoms with Gasteiger partial charge in [-0.25, -0.2) is 0 Å². The molecule has 0 fully saturated rings. The van der Waals surface area contributed by atoms with Crippen LogP contribution in [0.15, 0.2) is 0 Å². The summed E-state index contributed by atoms with van der Waals surface area (Å²) in [5.41, 5.74) is 0. The van der Waals surface area contributed by atoms with E-state index in [1.807, 2.05) is 6.92 Å². The van der Waals surface area contributed by atoms with Gasteiger partial charge in [0.05, 0.1) is 0 Å². The van der Waals surface area contributed by atoms with E-state index >= 15 is 0 Å². The fraction of sp³-hybridized carbons (Fsp3) is 1.00. The Bertz CT molecular complexity index is 173. The van der Waals surface area contributed by atoms with Gasteiger partial charge in [0, 0.05) is 0 Å². The molecule has 0 aliphatic heterocycles. The Labute approximate surface area is 127 Å². The molecule has 0 bridgehead atoms. The van der Waals surface area contributed by atoms with E-state index in [2.05, 4.69) is 12.2 Å². The third kappa shape index (κ3) is 16.0. The van der Waals surface area contributed by atoms with Crippen LogP contribution in [0.4, 0.5) is 0 Å². The van der Waals surface area contributed by atoms with Crippen LogP contribution < -0.4 is 5.32 Å². The minimum absolute atomic E-state index is 0.299. The van der Waals surface area contributed by atoms with Gasteiger partial charge in [0.15, 0.2) is 0 Å². The van der Waals surface area contributed by atoms with Gasteiger partial charge in [-0.15, -0.1) is 0 Å². The summed E-state index contributed by atoms with van der Waals surface area (Å²) in [6.07, 6.45) is 18.6. The van der Waals surface area contributed by atoms with E-state index in [0.717, 1.165) is 13.0 Å². The highest BCUT2D eigenvalue weighted by molar-refractivity contribution is 4.52. The number of hydrogen-bond donors (Lipinski definition) is 2. The van der Waals surface area contributed by atoms with Crippen LogP contribution in [0, 0.1) is 0 Å². The molecule has 0 radical (unpaired) electrons. The molecule has 20 heavy (non-hydrogen) atoms. The fourth-order valence-corrected chi connectivity index (χ4v) is 2.56. The van der Waals surface area contributed by atoms with Gasteiger partial charge >= 0.3 is 0 Å². The van der Waals surface area contributed by atoms with E-state index in [-0.39, 0.29) is 6.23 Å². The molecule has 0 aliphatic carbocycles. The van der Waals surface area contributed by atoms with E-state index in [1.165, 1.54) is 83.5 Å². The van der Waals surface area contributed by atoms with E-state index < -0.39 is 0 Å². The van der Waals surface area contributed by atoms with Gasteiger partial charge in [-0.3, -0.25) is 5.32 Å². The summed E-state index contributed by atoms with van der Waals surface area (Å²) in [6, 6.07) is 0. The molecule has 0 rings (SSSR count). The highest BCUT2D eigenvalue weighted by atomic mass is 16.3. The number of aliphatic hydroxyl groups excluding tert-OH is 1. The number of unbranched alkanes of at least 4 members (excludes halogenated alkanes) is 12. The molecule has 2 heteroatoms. The van der Waals surface area contributed by atoms with Crippen LogP contribution in [0.2, 0.25) is 0 Å². The number of nitrogens with one attached hydrogen (secondary N) is 1. The van der Waals surface area contributed by atoms with E-state index in [1.54, 1.807) is 0 Å². The highest BCUT2D eigenvalue weighted by Gasteiger charge is 1.97. The van der Waals surface area contributed by atoms with Gasteiger partial charge in [0.1, 0.15) is 6.23 Å². The molecule has 0 aliphatic rings. The lowest BCUT2D eigenvalue weighted by Gasteiger charge is -2.09. The minimum Gasteiger partial charge on any atom is -0.379 e. The lowest BCUT2D eigenvalue weighted by molar-refractivity contribution is 0.133. The van der Waals surface area contributed by atoms with Crippen molar-refractivity contribution in [2.24, 2.45) is 0 Å². The second-order valence-corrected chi connectivity index (χ2v) is 6.12. The Hall–Kier alpha value is -0.0800. The van der Waals surface area contributed by atoms with Crippen LogP contribution >= 0.6 is 0 Å². The standard InChI is InChI=1S/C18H39NO/c1-3-5-6-7-8-9-10-11-12-13-14-15-16-17-19-18(20)4-2/h18-20H,3-17H2,1-2H3. The molecule has 0 saturated carbocycles. The van der Waals surface area contributed by atoms with E-state index in [9.17, 15) is 5.11 Å². The maximum Gasteiger partial charge on any atom is 0.104 e. The van der Waals surface area contributed by atoms with Crippen LogP contribution in [-0.2, 0) is 0 Å². The maximum absolute atomic E-state index is 9.34. The first-order valence-electron chi connectivity index (χ1n) is 9.22. The van der Waals surface area contributed by atoms with Crippen molar-refractivity contribution in [3.8, 4) is 0 Å². The summed E-state index contributed by atoms with van der Waals surface area (Å²) in [7, 11) is 0. The molecular formula is C18H39NO. The monoisotopic (exact) mass is 285 g/mol. The first-order chi connectivity index (χ1) is 9.81. The zero-order valence-electron chi connectivity index (χ0n) is 14.1. The van der Waals surface area contributed by atoms with E-state index in [4.69, 9.17) is 0 Å². The second kappa shape index (κ2) is 17.0. The molecule has 0 aromatic carbocycles. The van der Waals surface area contributed by atoms with Crippen LogP contribution in [0.1, 0.15) is 104 Å². The van der Waals surface area contributed by atoms with Crippen molar-refractivity contribution in [2.45, 2.75) is 110 Å². The predicted octanol–water partition coefficient (Wildman–Crippen LogP) is 5.40. The van der Waals surface area contributed by atoms with Crippen molar-refractivity contribution in [3.05, 3.63) is 0 Å². The largest absolute Gasteiger partial charge is 0.379 e. The zero-order chi connectivity index (χ0) is 14.9. The lowest BCUT2D eigenvalue weighted by Crippen LogP contribution is -2.28. The molecule has 0 aromatic rings. The summed E-state index contributed by atoms with van der Waals surface area (Å²) in [6.45, 7) is 5.25. The van der Waals surface area contributed by atoms with Crippen LogP contribution in [0.5, 0.6) is 0 Å². The van der Waals surface area contributed by atoms with Crippen molar-refractivity contribution >= 4 is 0 Å². The molecule has 2 N–H and O–H groups in total. The van der Waals surface area contributed by atoms with Crippen molar-refractivity contribution in [2.75, 3.05) is 6.54 Å². The molecule has 0 amide bonds. The van der Waals surface area contributed by atoms with Crippen molar-refractivity contribution in [3.63, 3.8) is 0 Å². The summed E-state index contributed by atoms with van der Waals surface area (Å²) in [5.74, 6) is 0. The predicted molar refractivity (Wildman–Crippen MR) is 90.0 cm³/mol. The molecule has 1 unspecified atom stereocenters. The molecule has 0 spiro atoms. The van der Waals surface area contributed by atoms with E-state index in [0.29, 0.717) is 0 Å². The Morgan fingerprint density at radius 1 is 0.650 bits per heavy atom. The average molecular weight is 286 g/mol. The third-order valence-electron chi connectivity index (χ3n) is 4.05. The second-order valence-electron chi connectivity index (χ2n) is 6.12. The van der Waals surface area contributed by atoms with Gasteiger partial charge in [0.2, 0.25) is 0 Å². The van der Waals surface area contributed by atoms with Crippen molar-refractivity contribution in [1.82, 2.24) is 5.32 Å². The lowest BCUT2D eigenvalue weighted by atomic mass is 10.0. The smallest absolute Gasteiger partial charge is 0.104 e. The molecular weight excluding hydrogens is 246 g/mol. The summed E-state index contributed by atoms with van der Waals surface area (Å²) in [4.78, 5) is 0. The maximum atomic E-state index is 9.34. The van der Waals surface area contributed by atoms with Gasteiger partial charge in [-0.2, -0.15) is 0 Å². The zero-order valence-corrected chi connectivity index (χ0v) is 14.1. The third-order valence-corrected chi connectivity index (χ3v) is 4.05. The summed E-state index contributed by atoms with van der Waals surface area (Å²) in [5, 5.41) is 12.5. The van der Waals surface area contributed by atoms with Gasteiger partial charge in [-0.05, 0) is 19.4 Å². The Balaban J connectivity index is 2.96. The number of rotatable bonds is 16. The number of hydrogen-bond acceptors (Lipinski definition) is 2. The molecule has 0 saturated heterocycles. The van der Waals surface area contributed by atoms with Crippen molar-refractivity contribution < 1.29 is 5.11 Å². The topological polar surface area (TPSA) is 32.3 Å². The Morgan fingerprint density at radius 2 is 1.05 bits per heavy atom. The molecule has 122 valence electrons. The normalized spacial score (nSPS) is 12.8. The Morgan fingerprint density at radius 3 is 1.45 bits per heavy atom. The average Bonchev–Trinajstić information content (AvgIpc) is 2.47. The summed E-state index contributed by atoms with van der Waals surface area (Å²) < 4.78 is 0. The minimum atomic E-state index is -0.299. The molecule has 0 aromatic heterocycles. The van der Waals surface area contributed by atoms with Crippen LogP contribution in [-0.4, -0.2) is 17.9 Å². The van der Waals surface area contributed by atoms with Gasteiger partial charge < -0.3 is 5.11 Å². The fourth-order valence-electron chi connectivity index (χ4n) is 2.56. The first-order valence-corrected chi connectivity index (χ1v) is 9.22. The SMILES string of the molecule is CCCCCCCCCCCCCCCNC(O)CC. The highest BCUT2D eigenvalue weighted by Crippen LogP contribution is 2.12. The van der Waals surface area contributed by atoms with Crippen molar-refractivity contribution in [1.29, 1.82) is 0 Å². The quantitative estimate of drug-likeness (QED) is 0.294. The van der Waals surface area contributed by atoms with Gasteiger partial charge in [-0.1, -0.05) is 90.9 Å². The summed E-state index contributed by atoms with van der Waals surface area (Å²) >= 11 is 0. The van der Waals surface area contributed by atoms with Gasteiger partial charge in [0.25, 0.3) is 0 Å².